The molecule has 202 valence electrons. The number of anilines is 1. The monoisotopic (exact) mass is 591 g/mol. The smallest absolute Gasteiger partial charge is 0.250 e. The summed E-state index contributed by atoms with van der Waals surface area (Å²) in [4.78, 5) is 42.7. The molecule has 3 fully saturated rings. The van der Waals surface area contributed by atoms with Crippen molar-refractivity contribution < 1.29 is 24.2 Å². The number of amides is 3. The highest BCUT2D eigenvalue weighted by Gasteiger charge is 2.77. The number of benzene rings is 3. The zero-order valence-corrected chi connectivity index (χ0v) is 23.0. The van der Waals surface area contributed by atoms with Gasteiger partial charge in [-0.1, -0.05) is 76.6 Å². The Kier molecular flexibility index (Phi) is 6.69. The van der Waals surface area contributed by atoms with Crippen molar-refractivity contribution >= 4 is 50.1 Å². The Hall–Kier alpha value is -3.27. The van der Waals surface area contributed by atoms with Crippen LogP contribution in [-0.4, -0.2) is 70.0 Å². The van der Waals surface area contributed by atoms with Crippen LogP contribution in [0.15, 0.2) is 72.8 Å². The fraction of sp³-hybridized carbons (Fsp3) is 0.367. The molecule has 3 unspecified atom stereocenters. The maximum absolute atomic E-state index is 14.2. The molecule has 9 heteroatoms. The number of carbonyl (C=O) groups is 3. The summed E-state index contributed by atoms with van der Waals surface area (Å²) in [5.74, 6) is -2.58. The van der Waals surface area contributed by atoms with E-state index in [1.807, 2.05) is 72.8 Å². The molecule has 3 N–H and O–H groups in total. The summed E-state index contributed by atoms with van der Waals surface area (Å²) in [6.07, 6.45) is 0.230. The largest absolute Gasteiger partial charge is 0.394 e. The summed E-state index contributed by atoms with van der Waals surface area (Å²) in [6.45, 7) is -0.338. The van der Waals surface area contributed by atoms with Gasteiger partial charge < -0.3 is 25.4 Å². The summed E-state index contributed by atoms with van der Waals surface area (Å²) < 4.78 is 6.51. The average Bonchev–Trinajstić information content (AvgIpc) is 3.55. The second-order valence-electron chi connectivity index (χ2n) is 10.6. The minimum atomic E-state index is -1.20. The van der Waals surface area contributed by atoms with Crippen LogP contribution < -0.4 is 10.6 Å². The van der Waals surface area contributed by atoms with Crippen molar-refractivity contribution in [2.75, 3.05) is 19.0 Å². The molecule has 1 spiro atoms. The van der Waals surface area contributed by atoms with E-state index in [2.05, 4.69) is 26.6 Å². The van der Waals surface area contributed by atoms with Gasteiger partial charge in [0.25, 0.3) is 0 Å². The third kappa shape index (κ3) is 4.15. The van der Waals surface area contributed by atoms with Crippen LogP contribution in [0.25, 0.3) is 10.8 Å². The van der Waals surface area contributed by atoms with Gasteiger partial charge in [-0.25, -0.2) is 0 Å². The average molecular weight is 592 g/mol. The third-order valence-corrected chi connectivity index (χ3v) is 9.30. The van der Waals surface area contributed by atoms with E-state index in [1.54, 1.807) is 0 Å². The Morgan fingerprint density at radius 3 is 2.51 bits per heavy atom. The molecular formula is C30H30BrN3O5. The summed E-state index contributed by atoms with van der Waals surface area (Å²) in [5.41, 5.74) is 0.331. The lowest BCUT2D eigenvalue weighted by Crippen LogP contribution is -2.57. The van der Waals surface area contributed by atoms with Crippen molar-refractivity contribution in [3.05, 3.63) is 78.4 Å². The number of nitrogens with zero attached hydrogens (tertiary/aromatic N) is 1. The quantitative estimate of drug-likeness (QED) is 0.366. The highest BCUT2D eigenvalue weighted by molar-refractivity contribution is 9.09. The van der Waals surface area contributed by atoms with Gasteiger partial charge in [-0.2, -0.15) is 0 Å². The molecule has 39 heavy (non-hydrogen) atoms. The standard InChI is InChI=1S/C30H30BrN3O5/c1-32-27(36)23-24-29(38)34(21(16-35)13-17-7-3-2-4-8-17)26(30(24)15-22(31)25(23)39-30)28(37)33-20-12-11-18-9-5-6-10-19(18)14-20/h2-12,14,21-26,35H,13,15-16H2,1H3,(H,32,36)(H,33,37)/t21-,22?,23-,24+,25-,26?,30?/m1/s1. The molecule has 3 heterocycles. The van der Waals surface area contributed by atoms with Crippen LogP contribution in [-0.2, 0) is 25.5 Å². The lowest BCUT2D eigenvalue weighted by molar-refractivity contribution is -0.143. The topological polar surface area (TPSA) is 108 Å². The Morgan fingerprint density at radius 1 is 1.08 bits per heavy atom. The van der Waals surface area contributed by atoms with Gasteiger partial charge in [-0.3, -0.25) is 14.4 Å². The number of aliphatic hydroxyl groups is 1. The molecule has 0 aliphatic carbocycles. The number of halogens is 1. The first-order chi connectivity index (χ1) is 18.9. The molecule has 7 atom stereocenters. The first-order valence-corrected chi connectivity index (χ1v) is 14.1. The third-order valence-electron chi connectivity index (χ3n) is 8.46. The Morgan fingerprint density at radius 2 is 1.79 bits per heavy atom. The molecule has 3 aliphatic rings. The van der Waals surface area contributed by atoms with E-state index < -0.39 is 41.5 Å². The Labute approximate surface area is 234 Å². The summed E-state index contributed by atoms with van der Waals surface area (Å²) in [6, 6.07) is 21.4. The van der Waals surface area contributed by atoms with Gasteiger partial charge in [0.2, 0.25) is 17.7 Å². The van der Waals surface area contributed by atoms with Crippen LogP contribution in [0.4, 0.5) is 5.69 Å². The minimum Gasteiger partial charge on any atom is -0.394 e. The predicted octanol–water partition coefficient (Wildman–Crippen LogP) is 2.88. The maximum atomic E-state index is 14.2. The van der Waals surface area contributed by atoms with Crippen LogP contribution in [0.1, 0.15) is 12.0 Å². The number of carbonyl (C=O) groups excluding carboxylic acids is 3. The molecule has 3 amide bonds. The minimum absolute atomic E-state index is 0.193. The molecular weight excluding hydrogens is 562 g/mol. The van der Waals surface area contributed by atoms with Crippen molar-refractivity contribution in [3.8, 4) is 0 Å². The van der Waals surface area contributed by atoms with Crippen LogP contribution in [0, 0.1) is 11.8 Å². The highest BCUT2D eigenvalue weighted by atomic mass is 79.9. The van der Waals surface area contributed by atoms with Crippen LogP contribution in [0.5, 0.6) is 0 Å². The van der Waals surface area contributed by atoms with E-state index in [4.69, 9.17) is 4.74 Å². The van der Waals surface area contributed by atoms with Crippen molar-refractivity contribution in [3.63, 3.8) is 0 Å². The number of rotatable bonds is 7. The lowest BCUT2D eigenvalue weighted by atomic mass is 9.70. The van der Waals surface area contributed by atoms with Crippen molar-refractivity contribution in [2.24, 2.45) is 11.8 Å². The molecule has 2 bridgehead atoms. The first kappa shape index (κ1) is 26.0. The van der Waals surface area contributed by atoms with Crippen LogP contribution in [0.3, 0.4) is 0 Å². The van der Waals surface area contributed by atoms with Crippen molar-refractivity contribution in [1.82, 2.24) is 10.2 Å². The van der Waals surface area contributed by atoms with E-state index in [-0.39, 0.29) is 23.2 Å². The normalized spacial score (nSPS) is 29.9. The number of fused-ring (bicyclic) bond motifs is 2. The van der Waals surface area contributed by atoms with E-state index >= 15 is 0 Å². The molecule has 0 saturated carbocycles. The highest BCUT2D eigenvalue weighted by Crippen LogP contribution is 2.60. The lowest BCUT2D eigenvalue weighted by Gasteiger charge is -2.37. The van der Waals surface area contributed by atoms with Crippen molar-refractivity contribution in [2.45, 2.75) is 41.5 Å². The molecule has 8 nitrogen and oxygen atoms in total. The summed E-state index contributed by atoms with van der Waals surface area (Å²) >= 11 is 3.67. The first-order valence-electron chi connectivity index (χ1n) is 13.2. The number of ether oxygens (including phenoxy) is 1. The molecule has 3 aromatic carbocycles. The summed E-state index contributed by atoms with van der Waals surface area (Å²) in [5, 5.41) is 18.2. The van der Waals surface area contributed by atoms with Crippen LogP contribution >= 0.6 is 15.9 Å². The molecule has 0 aromatic heterocycles. The fourth-order valence-corrected chi connectivity index (χ4v) is 7.78. The maximum Gasteiger partial charge on any atom is 0.250 e. The van der Waals surface area contributed by atoms with Gasteiger partial charge in [0.05, 0.1) is 30.6 Å². The second-order valence-corrected chi connectivity index (χ2v) is 11.8. The molecule has 3 aromatic rings. The molecule has 3 saturated heterocycles. The number of hydrogen-bond donors (Lipinski definition) is 3. The van der Waals surface area contributed by atoms with Gasteiger partial charge >= 0.3 is 0 Å². The summed E-state index contributed by atoms with van der Waals surface area (Å²) in [7, 11) is 1.54. The number of likely N-dealkylation sites (tertiary alicyclic amines) is 1. The molecule has 6 rings (SSSR count). The second kappa shape index (κ2) is 10.0. The number of aliphatic hydroxyl groups excluding tert-OH is 1. The van der Waals surface area contributed by atoms with E-state index in [1.165, 1.54) is 11.9 Å². The fourth-order valence-electron chi connectivity index (χ4n) is 6.84. The van der Waals surface area contributed by atoms with Crippen LogP contribution in [0.2, 0.25) is 0 Å². The van der Waals surface area contributed by atoms with Gasteiger partial charge in [0, 0.05) is 17.6 Å². The zero-order chi connectivity index (χ0) is 27.3. The number of alkyl halides is 1. The number of nitrogens with one attached hydrogen (secondary N) is 2. The number of hydrogen-bond acceptors (Lipinski definition) is 5. The van der Waals surface area contributed by atoms with Crippen molar-refractivity contribution in [1.29, 1.82) is 0 Å². The van der Waals surface area contributed by atoms with E-state index in [0.29, 0.717) is 18.5 Å². The van der Waals surface area contributed by atoms with E-state index in [0.717, 1.165) is 16.3 Å². The zero-order valence-electron chi connectivity index (χ0n) is 21.4. The molecule has 0 radical (unpaired) electrons. The molecule has 3 aliphatic heterocycles. The van der Waals surface area contributed by atoms with Gasteiger partial charge in [0.15, 0.2) is 0 Å². The SMILES string of the molecule is CNC(=O)[C@H]1[C@@H]2OC3(CC2Br)C(C(=O)Nc2ccc4ccccc4c2)N([C@@H](CO)Cc2ccccc2)C(=O)[C@H]13. The van der Waals surface area contributed by atoms with Gasteiger partial charge in [-0.15, -0.1) is 0 Å². The van der Waals surface area contributed by atoms with Gasteiger partial charge in [-0.05, 0) is 41.3 Å². The Balaban J connectivity index is 1.41. The Bertz CT molecular complexity index is 1430. The predicted molar refractivity (Wildman–Crippen MR) is 150 cm³/mol. The van der Waals surface area contributed by atoms with Gasteiger partial charge in [0.1, 0.15) is 11.6 Å². The van der Waals surface area contributed by atoms with E-state index in [9.17, 15) is 19.5 Å².